The fourth-order valence-electron chi connectivity index (χ4n) is 3.92. The summed E-state index contributed by atoms with van der Waals surface area (Å²) in [7, 11) is 0. The van der Waals surface area contributed by atoms with Crippen molar-refractivity contribution in [2.75, 3.05) is 39.3 Å². The number of rotatable bonds is 9. The van der Waals surface area contributed by atoms with Gasteiger partial charge in [-0.3, -0.25) is 14.6 Å². The number of hydrogen-bond acceptors (Lipinski definition) is 7. The summed E-state index contributed by atoms with van der Waals surface area (Å²) < 4.78 is 0. The van der Waals surface area contributed by atoms with Gasteiger partial charge in [-0.2, -0.15) is 5.10 Å². The Labute approximate surface area is 188 Å². The van der Waals surface area contributed by atoms with E-state index >= 15 is 0 Å². The fourth-order valence-corrected chi connectivity index (χ4v) is 3.92. The highest BCUT2D eigenvalue weighted by Crippen LogP contribution is 2.18. The van der Waals surface area contributed by atoms with Gasteiger partial charge in [0.15, 0.2) is 0 Å². The van der Waals surface area contributed by atoms with Crippen LogP contribution < -0.4 is 5.43 Å². The molecule has 8 nitrogen and oxygen atoms in total. The topological polar surface area (TPSA) is 89.8 Å². The van der Waals surface area contributed by atoms with E-state index in [1.165, 1.54) is 5.56 Å². The Kier molecular flexibility index (Phi) is 7.47. The van der Waals surface area contributed by atoms with Crippen molar-refractivity contribution < 1.29 is 14.7 Å². The molecule has 1 saturated heterocycles. The second kappa shape index (κ2) is 10.9. The minimum atomic E-state index is -0.767. The van der Waals surface area contributed by atoms with Gasteiger partial charge in [0.25, 0.3) is 0 Å². The highest BCUT2D eigenvalue weighted by atomic mass is 16.6. The molecule has 0 aromatic heterocycles. The Morgan fingerprint density at radius 3 is 2.53 bits per heavy atom. The van der Waals surface area contributed by atoms with Gasteiger partial charge >= 0.3 is 5.97 Å². The van der Waals surface area contributed by atoms with Crippen LogP contribution in [0, 0.1) is 0 Å². The molecular weight excluding hydrogens is 406 g/mol. The number of nitrogens with one attached hydrogen (secondary N) is 1. The first-order chi connectivity index (χ1) is 15.7. The molecule has 2 aromatic rings. The molecule has 4 rings (SSSR count). The maximum atomic E-state index is 10.8. The summed E-state index contributed by atoms with van der Waals surface area (Å²) in [6, 6.07) is 18.3. The number of carboxylic acid groups (broad SMARTS) is 1. The molecule has 2 N–H and O–H groups in total. The van der Waals surface area contributed by atoms with E-state index in [9.17, 15) is 4.79 Å². The van der Waals surface area contributed by atoms with Crippen LogP contribution in [0.25, 0.3) is 0 Å². The van der Waals surface area contributed by atoms with Crippen LogP contribution in [0.2, 0.25) is 0 Å². The quantitative estimate of drug-likeness (QED) is 0.463. The molecule has 8 heteroatoms. The lowest BCUT2D eigenvalue weighted by Gasteiger charge is -2.34. The number of oxime groups is 1. The maximum absolute atomic E-state index is 10.8. The standard InChI is InChI=1S/C24H29N5O3/c30-24(31)18-29-12-10-28(11-13-29)17-22-14-23(27-32-22)21-8-6-20(7-9-21)16-26-25-15-19-4-2-1-3-5-19/h1-9,16,22,25H,10-15,17-18H2,(H,30,31). The lowest BCUT2D eigenvalue weighted by atomic mass is 10.0. The van der Waals surface area contributed by atoms with Gasteiger partial charge in [0.1, 0.15) is 6.10 Å². The van der Waals surface area contributed by atoms with E-state index < -0.39 is 5.97 Å². The Hall–Kier alpha value is -3.23. The lowest BCUT2D eigenvalue weighted by Crippen LogP contribution is -2.49. The van der Waals surface area contributed by atoms with Crippen molar-refractivity contribution in [2.45, 2.75) is 19.1 Å². The number of nitrogens with zero attached hydrogens (tertiary/aromatic N) is 4. The first-order valence-corrected chi connectivity index (χ1v) is 11.0. The molecule has 0 aliphatic carbocycles. The van der Waals surface area contributed by atoms with Crippen LogP contribution >= 0.6 is 0 Å². The maximum Gasteiger partial charge on any atom is 0.317 e. The van der Waals surface area contributed by atoms with Crippen molar-refractivity contribution in [3.63, 3.8) is 0 Å². The SMILES string of the molecule is O=C(O)CN1CCN(CC2CC(c3ccc(C=NNCc4ccccc4)cc3)=NO2)CC1. The number of hydrogen-bond donors (Lipinski definition) is 2. The van der Waals surface area contributed by atoms with Crippen LogP contribution in [0.4, 0.5) is 0 Å². The van der Waals surface area contributed by atoms with Gasteiger partial charge in [-0.1, -0.05) is 59.8 Å². The summed E-state index contributed by atoms with van der Waals surface area (Å²) in [4.78, 5) is 20.8. The van der Waals surface area contributed by atoms with Crippen molar-refractivity contribution in [3.8, 4) is 0 Å². The summed E-state index contributed by atoms with van der Waals surface area (Å²) in [5.74, 6) is -0.767. The van der Waals surface area contributed by atoms with Crippen LogP contribution in [0.1, 0.15) is 23.1 Å². The van der Waals surface area contributed by atoms with Gasteiger partial charge in [-0.25, -0.2) is 0 Å². The second-order valence-electron chi connectivity index (χ2n) is 8.14. The molecule has 0 spiro atoms. The zero-order chi connectivity index (χ0) is 22.2. The van der Waals surface area contributed by atoms with Gasteiger partial charge in [0.2, 0.25) is 0 Å². The highest BCUT2D eigenvalue weighted by Gasteiger charge is 2.26. The van der Waals surface area contributed by atoms with E-state index in [2.05, 4.69) is 32.7 Å². The summed E-state index contributed by atoms with van der Waals surface area (Å²) in [5, 5.41) is 17.5. The van der Waals surface area contributed by atoms with E-state index in [0.717, 1.165) is 56.0 Å². The summed E-state index contributed by atoms with van der Waals surface area (Å²) >= 11 is 0. The van der Waals surface area contributed by atoms with Gasteiger partial charge < -0.3 is 15.4 Å². The van der Waals surface area contributed by atoms with Gasteiger partial charge in [0, 0.05) is 39.1 Å². The largest absolute Gasteiger partial charge is 0.480 e. The number of carbonyl (C=O) groups is 1. The van der Waals surface area contributed by atoms with Gasteiger partial charge in [0.05, 0.1) is 25.0 Å². The van der Waals surface area contributed by atoms with Crippen LogP contribution in [0.3, 0.4) is 0 Å². The first kappa shape index (κ1) is 22.0. The van der Waals surface area contributed by atoms with E-state index in [-0.39, 0.29) is 12.6 Å². The molecule has 2 heterocycles. The fraction of sp³-hybridized carbons (Fsp3) is 0.375. The third-order valence-corrected chi connectivity index (χ3v) is 5.69. The number of aliphatic carboxylic acids is 1. The number of piperazine rings is 1. The number of carboxylic acids is 1. The summed E-state index contributed by atoms with van der Waals surface area (Å²) in [6.07, 6.45) is 2.63. The third-order valence-electron chi connectivity index (χ3n) is 5.69. The highest BCUT2D eigenvalue weighted by molar-refractivity contribution is 6.01. The molecule has 32 heavy (non-hydrogen) atoms. The van der Waals surface area contributed by atoms with Crippen molar-refractivity contribution in [1.29, 1.82) is 0 Å². The van der Waals surface area contributed by atoms with Crippen molar-refractivity contribution in [2.24, 2.45) is 10.3 Å². The van der Waals surface area contributed by atoms with Crippen molar-refractivity contribution in [1.82, 2.24) is 15.2 Å². The molecule has 1 atom stereocenters. The lowest BCUT2D eigenvalue weighted by molar-refractivity contribution is -0.138. The number of benzene rings is 2. The summed E-state index contributed by atoms with van der Waals surface area (Å²) in [6.45, 7) is 4.88. The summed E-state index contributed by atoms with van der Waals surface area (Å²) in [5.41, 5.74) is 7.30. The Morgan fingerprint density at radius 2 is 1.81 bits per heavy atom. The predicted molar refractivity (Wildman–Crippen MR) is 124 cm³/mol. The van der Waals surface area contributed by atoms with E-state index in [1.54, 1.807) is 0 Å². The third kappa shape index (κ3) is 6.38. The average molecular weight is 436 g/mol. The molecule has 2 aliphatic heterocycles. The predicted octanol–water partition coefficient (Wildman–Crippen LogP) is 2.01. The van der Waals surface area contributed by atoms with Crippen LogP contribution in [-0.4, -0.2) is 78.2 Å². The zero-order valence-electron chi connectivity index (χ0n) is 18.1. The first-order valence-electron chi connectivity index (χ1n) is 11.0. The molecule has 2 aliphatic rings. The Balaban J connectivity index is 1.20. The van der Waals surface area contributed by atoms with Gasteiger partial charge in [-0.05, 0) is 16.7 Å². The molecule has 0 bridgehead atoms. The van der Waals surface area contributed by atoms with Crippen LogP contribution in [-0.2, 0) is 16.2 Å². The van der Waals surface area contributed by atoms with Crippen LogP contribution in [0.5, 0.6) is 0 Å². The second-order valence-corrected chi connectivity index (χ2v) is 8.14. The average Bonchev–Trinajstić information content (AvgIpc) is 3.27. The monoisotopic (exact) mass is 435 g/mol. The minimum absolute atomic E-state index is 0.0412. The number of hydrazone groups is 1. The van der Waals surface area contributed by atoms with Crippen LogP contribution in [0.15, 0.2) is 64.9 Å². The van der Waals surface area contributed by atoms with Gasteiger partial charge in [-0.15, -0.1) is 0 Å². The molecule has 1 fully saturated rings. The minimum Gasteiger partial charge on any atom is -0.480 e. The Morgan fingerprint density at radius 1 is 1.09 bits per heavy atom. The normalized spacial score (nSPS) is 19.6. The van der Waals surface area contributed by atoms with E-state index in [0.29, 0.717) is 6.54 Å². The van der Waals surface area contributed by atoms with E-state index in [4.69, 9.17) is 9.94 Å². The van der Waals surface area contributed by atoms with Crippen molar-refractivity contribution >= 4 is 17.9 Å². The Bertz CT molecular complexity index is 938. The smallest absolute Gasteiger partial charge is 0.317 e. The molecule has 0 saturated carbocycles. The molecular formula is C24H29N5O3. The van der Waals surface area contributed by atoms with E-state index in [1.807, 2.05) is 53.6 Å². The molecule has 0 radical (unpaired) electrons. The molecule has 1 unspecified atom stereocenters. The zero-order valence-corrected chi connectivity index (χ0v) is 18.1. The molecule has 168 valence electrons. The molecule has 2 aromatic carbocycles. The van der Waals surface area contributed by atoms with Crippen molar-refractivity contribution in [3.05, 3.63) is 71.3 Å². The molecule has 0 amide bonds.